The number of hydrogen-bond donors (Lipinski definition) is 2. The van der Waals surface area contributed by atoms with E-state index >= 15 is 0 Å². The molecular weight excluding hydrogens is 344 g/mol. The molecule has 0 radical (unpaired) electrons. The van der Waals surface area contributed by atoms with Gasteiger partial charge >= 0.3 is 0 Å². The average Bonchev–Trinajstić information content (AvgIpc) is 2.66. The largest absolute Gasteiger partial charge is 0.396 e. The highest BCUT2D eigenvalue weighted by Gasteiger charge is 2.41. The standard InChI is InChI=1S/C21H32N2O4/c24-12-6-20(26)23-9-7-21(8-10-23)14-19(25)15-22(17-21)11-13-27-16-18-4-2-1-3-5-18/h1-5,19,24-25H,6-17H2. The van der Waals surface area contributed by atoms with Gasteiger partial charge in [0.05, 0.1) is 25.9 Å². The SMILES string of the molecule is O=C(CCO)N1CCC2(CC1)CC(O)CN(CCOCc1ccccc1)C2. The van der Waals surface area contributed by atoms with E-state index in [2.05, 4.69) is 17.0 Å². The number of piperidine rings is 2. The van der Waals surface area contributed by atoms with Crippen molar-refractivity contribution in [2.75, 3.05) is 45.9 Å². The molecule has 1 amide bonds. The number of likely N-dealkylation sites (tertiary alicyclic amines) is 2. The lowest BCUT2D eigenvalue weighted by Crippen LogP contribution is -2.55. The third-order valence-electron chi connectivity index (χ3n) is 5.86. The van der Waals surface area contributed by atoms with Gasteiger partial charge in [0.25, 0.3) is 0 Å². The minimum Gasteiger partial charge on any atom is -0.396 e. The van der Waals surface area contributed by atoms with E-state index in [9.17, 15) is 9.90 Å². The fourth-order valence-corrected chi connectivity index (χ4v) is 4.44. The van der Waals surface area contributed by atoms with Crippen molar-refractivity contribution in [3.63, 3.8) is 0 Å². The van der Waals surface area contributed by atoms with Gasteiger partial charge in [-0.05, 0) is 30.2 Å². The van der Waals surface area contributed by atoms with Gasteiger partial charge in [0.2, 0.25) is 5.91 Å². The summed E-state index contributed by atoms with van der Waals surface area (Å²) >= 11 is 0. The van der Waals surface area contributed by atoms with Gasteiger partial charge in [0, 0.05) is 39.1 Å². The van der Waals surface area contributed by atoms with Gasteiger partial charge in [-0.2, -0.15) is 0 Å². The average molecular weight is 376 g/mol. The first-order valence-electron chi connectivity index (χ1n) is 10.0. The van der Waals surface area contributed by atoms with Crippen LogP contribution in [0.25, 0.3) is 0 Å². The van der Waals surface area contributed by atoms with Crippen LogP contribution in [0.15, 0.2) is 30.3 Å². The molecule has 6 heteroatoms. The molecular formula is C21H32N2O4. The second kappa shape index (κ2) is 9.64. The molecule has 6 nitrogen and oxygen atoms in total. The van der Waals surface area contributed by atoms with Gasteiger partial charge < -0.3 is 19.8 Å². The maximum atomic E-state index is 12.0. The quantitative estimate of drug-likeness (QED) is 0.701. The van der Waals surface area contributed by atoms with Gasteiger partial charge in [0.1, 0.15) is 0 Å². The zero-order chi connectivity index (χ0) is 19.1. The van der Waals surface area contributed by atoms with Crippen LogP contribution < -0.4 is 0 Å². The van der Waals surface area contributed by atoms with Crippen molar-refractivity contribution in [2.45, 2.75) is 38.4 Å². The summed E-state index contributed by atoms with van der Waals surface area (Å²) in [6, 6.07) is 10.2. The topological polar surface area (TPSA) is 73.2 Å². The number of carbonyl (C=O) groups excluding carboxylic acids is 1. The number of carbonyl (C=O) groups is 1. The lowest BCUT2D eigenvalue weighted by Gasteiger charge is -2.49. The van der Waals surface area contributed by atoms with Crippen LogP contribution in [0.3, 0.4) is 0 Å². The summed E-state index contributed by atoms with van der Waals surface area (Å²) in [6.07, 6.45) is 2.55. The smallest absolute Gasteiger partial charge is 0.224 e. The highest BCUT2D eigenvalue weighted by Crippen LogP contribution is 2.40. The molecule has 1 aromatic carbocycles. The number of aliphatic hydroxyl groups is 2. The van der Waals surface area contributed by atoms with Gasteiger partial charge in [-0.3, -0.25) is 9.69 Å². The summed E-state index contributed by atoms with van der Waals surface area (Å²) in [5, 5.41) is 19.4. The lowest BCUT2D eigenvalue weighted by atomic mass is 9.71. The van der Waals surface area contributed by atoms with Gasteiger partial charge in [-0.15, -0.1) is 0 Å². The fourth-order valence-electron chi connectivity index (χ4n) is 4.44. The molecule has 0 saturated carbocycles. The van der Waals surface area contributed by atoms with Crippen molar-refractivity contribution < 1.29 is 19.7 Å². The number of ether oxygens (including phenoxy) is 1. The van der Waals surface area contributed by atoms with E-state index in [4.69, 9.17) is 9.84 Å². The van der Waals surface area contributed by atoms with Crippen molar-refractivity contribution in [3.05, 3.63) is 35.9 Å². The third-order valence-corrected chi connectivity index (χ3v) is 5.86. The van der Waals surface area contributed by atoms with E-state index in [0.717, 1.165) is 45.4 Å². The van der Waals surface area contributed by atoms with Crippen LogP contribution >= 0.6 is 0 Å². The summed E-state index contributed by atoms with van der Waals surface area (Å²) in [5.74, 6) is 0.0369. The molecule has 150 valence electrons. The summed E-state index contributed by atoms with van der Waals surface area (Å²) in [7, 11) is 0. The summed E-state index contributed by atoms with van der Waals surface area (Å²) in [5.41, 5.74) is 1.26. The van der Waals surface area contributed by atoms with Crippen LogP contribution in [-0.4, -0.2) is 78.0 Å². The molecule has 2 N–H and O–H groups in total. The summed E-state index contributed by atoms with van der Waals surface area (Å²) in [6.45, 7) is 5.11. The monoisotopic (exact) mass is 376 g/mol. The molecule has 0 aromatic heterocycles. The normalized spacial score (nSPS) is 22.9. The zero-order valence-corrected chi connectivity index (χ0v) is 16.1. The fraction of sp³-hybridized carbons (Fsp3) is 0.667. The first kappa shape index (κ1) is 20.3. The Morgan fingerprint density at radius 1 is 1.22 bits per heavy atom. The lowest BCUT2D eigenvalue weighted by molar-refractivity contribution is -0.135. The predicted octanol–water partition coefficient (Wildman–Crippen LogP) is 1.26. The first-order chi connectivity index (χ1) is 13.1. The minimum atomic E-state index is -0.312. The van der Waals surface area contributed by atoms with Crippen molar-refractivity contribution in [2.24, 2.45) is 5.41 Å². The van der Waals surface area contributed by atoms with Crippen LogP contribution in [0.1, 0.15) is 31.2 Å². The Balaban J connectivity index is 1.44. The molecule has 1 atom stereocenters. The molecule has 0 aliphatic carbocycles. The molecule has 3 rings (SSSR count). The summed E-state index contributed by atoms with van der Waals surface area (Å²) in [4.78, 5) is 16.1. The number of nitrogens with zero attached hydrogens (tertiary/aromatic N) is 2. The Hall–Kier alpha value is -1.47. The second-order valence-corrected chi connectivity index (χ2v) is 7.99. The van der Waals surface area contributed by atoms with E-state index < -0.39 is 0 Å². The number of amides is 1. The van der Waals surface area contributed by atoms with Crippen LogP contribution in [0.2, 0.25) is 0 Å². The molecule has 2 fully saturated rings. The van der Waals surface area contributed by atoms with E-state index in [0.29, 0.717) is 19.8 Å². The zero-order valence-electron chi connectivity index (χ0n) is 16.1. The van der Waals surface area contributed by atoms with Gasteiger partial charge in [-0.25, -0.2) is 0 Å². The number of benzene rings is 1. The van der Waals surface area contributed by atoms with Crippen LogP contribution in [0.4, 0.5) is 0 Å². The van der Waals surface area contributed by atoms with Gasteiger partial charge in [-0.1, -0.05) is 30.3 Å². The van der Waals surface area contributed by atoms with E-state index in [-0.39, 0.29) is 30.5 Å². The van der Waals surface area contributed by atoms with Crippen molar-refractivity contribution >= 4 is 5.91 Å². The second-order valence-electron chi connectivity index (χ2n) is 7.99. The molecule has 2 heterocycles. The predicted molar refractivity (Wildman–Crippen MR) is 103 cm³/mol. The van der Waals surface area contributed by atoms with Crippen LogP contribution in [-0.2, 0) is 16.1 Å². The summed E-state index contributed by atoms with van der Waals surface area (Å²) < 4.78 is 5.81. The maximum Gasteiger partial charge on any atom is 0.224 e. The molecule has 1 aromatic rings. The number of rotatable bonds is 7. The molecule has 1 spiro atoms. The molecule has 1 unspecified atom stereocenters. The molecule has 2 aliphatic rings. The maximum absolute atomic E-state index is 12.0. The van der Waals surface area contributed by atoms with Crippen LogP contribution in [0.5, 0.6) is 0 Å². The minimum absolute atomic E-state index is 0.0369. The van der Waals surface area contributed by atoms with Crippen molar-refractivity contribution in [3.8, 4) is 0 Å². The van der Waals surface area contributed by atoms with Gasteiger partial charge in [0.15, 0.2) is 0 Å². The van der Waals surface area contributed by atoms with E-state index in [1.807, 2.05) is 23.1 Å². The molecule has 2 saturated heterocycles. The Kier molecular flexibility index (Phi) is 7.24. The van der Waals surface area contributed by atoms with E-state index in [1.54, 1.807) is 0 Å². The highest BCUT2D eigenvalue weighted by atomic mass is 16.5. The van der Waals surface area contributed by atoms with Crippen molar-refractivity contribution in [1.82, 2.24) is 9.80 Å². The van der Waals surface area contributed by atoms with E-state index in [1.165, 1.54) is 5.56 Å². The Morgan fingerprint density at radius 3 is 2.67 bits per heavy atom. The molecule has 2 aliphatic heterocycles. The Morgan fingerprint density at radius 2 is 1.96 bits per heavy atom. The first-order valence-corrected chi connectivity index (χ1v) is 10.0. The third kappa shape index (κ3) is 5.75. The van der Waals surface area contributed by atoms with Crippen molar-refractivity contribution in [1.29, 1.82) is 0 Å². The molecule has 0 bridgehead atoms. The number of hydrogen-bond acceptors (Lipinski definition) is 5. The molecule has 27 heavy (non-hydrogen) atoms. The Labute approximate surface area is 161 Å². The number of β-amino-alcohol motifs (C(OH)–C–C–N with tert-alkyl or cyclic N) is 1. The number of aliphatic hydroxyl groups excluding tert-OH is 2. The highest BCUT2D eigenvalue weighted by molar-refractivity contribution is 5.76. The Bertz CT molecular complexity index is 587. The van der Waals surface area contributed by atoms with Crippen LogP contribution in [0, 0.1) is 5.41 Å².